The van der Waals surface area contributed by atoms with Gasteiger partial charge < -0.3 is 10.2 Å². The highest BCUT2D eigenvalue weighted by molar-refractivity contribution is 6.06. The minimum atomic E-state index is -0.400. The molecule has 142 valence electrons. The number of piperidine rings is 1. The smallest absolute Gasteiger partial charge is 0.293 e. The van der Waals surface area contributed by atoms with Crippen molar-refractivity contribution in [1.29, 1.82) is 0 Å². The summed E-state index contributed by atoms with van der Waals surface area (Å²) >= 11 is 0. The highest BCUT2D eigenvalue weighted by atomic mass is 16.6. The molecule has 6 nitrogen and oxygen atoms in total. The van der Waals surface area contributed by atoms with Crippen molar-refractivity contribution in [2.75, 3.05) is 23.3 Å². The fraction of sp³-hybridized carbons (Fsp3) is 0.381. The van der Waals surface area contributed by atoms with E-state index in [1.54, 1.807) is 12.1 Å². The predicted molar refractivity (Wildman–Crippen MR) is 108 cm³/mol. The summed E-state index contributed by atoms with van der Waals surface area (Å²) in [6.07, 6.45) is 3.22. The first-order valence-corrected chi connectivity index (χ1v) is 9.29. The van der Waals surface area contributed by atoms with Gasteiger partial charge in [0.15, 0.2) is 0 Å². The molecule has 0 aliphatic carbocycles. The van der Waals surface area contributed by atoms with E-state index in [2.05, 4.69) is 5.32 Å². The highest BCUT2D eigenvalue weighted by Gasteiger charge is 2.23. The van der Waals surface area contributed by atoms with Crippen LogP contribution in [0.4, 0.5) is 17.1 Å². The third-order valence-corrected chi connectivity index (χ3v) is 5.05. The second kappa shape index (κ2) is 7.78. The summed E-state index contributed by atoms with van der Waals surface area (Å²) in [6.45, 7) is 7.52. The monoisotopic (exact) mass is 367 g/mol. The molecule has 1 N–H and O–H groups in total. The van der Waals surface area contributed by atoms with Crippen LogP contribution in [0.3, 0.4) is 0 Å². The molecule has 1 fully saturated rings. The standard InChI is InChI=1S/C21H25N3O3/c1-14-11-15(2)20(16(3)12-14)22-21(25)17-7-8-18(19(13-17)24(26)27)23-9-5-4-6-10-23/h7-8,11-13H,4-6,9-10H2,1-3H3,(H,22,25). The molecule has 0 spiro atoms. The molecule has 6 heteroatoms. The zero-order valence-corrected chi connectivity index (χ0v) is 16.0. The molecule has 1 aliphatic rings. The number of nitrogens with zero attached hydrogens (tertiary/aromatic N) is 2. The number of nitro benzene ring substituents is 1. The third-order valence-electron chi connectivity index (χ3n) is 5.05. The van der Waals surface area contributed by atoms with Gasteiger partial charge in [0.1, 0.15) is 5.69 Å². The van der Waals surface area contributed by atoms with Crippen molar-refractivity contribution in [3.8, 4) is 0 Å². The van der Waals surface area contributed by atoms with Gasteiger partial charge in [-0.15, -0.1) is 0 Å². The van der Waals surface area contributed by atoms with Crippen molar-refractivity contribution in [3.63, 3.8) is 0 Å². The fourth-order valence-electron chi connectivity index (χ4n) is 3.78. The number of carbonyl (C=O) groups excluding carboxylic acids is 1. The Morgan fingerprint density at radius 2 is 1.67 bits per heavy atom. The fourth-order valence-corrected chi connectivity index (χ4v) is 3.78. The average Bonchev–Trinajstić information content (AvgIpc) is 2.64. The van der Waals surface area contributed by atoms with E-state index in [1.807, 2.05) is 37.8 Å². The molecule has 1 aliphatic heterocycles. The van der Waals surface area contributed by atoms with Crippen molar-refractivity contribution in [2.45, 2.75) is 40.0 Å². The summed E-state index contributed by atoms with van der Waals surface area (Å²) in [4.78, 5) is 25.9. The van der Waals surface area contributed by atoms with Gasteiger partial charge in [-0.05, 0) is 63.3 Å². The van der Waals surface area contributed by atoms with Crippen LogP contribution >= 0.6 is 0 Å². The Morgan fingerprint density at radius 3 is 2.26 bits per heavy atom. The second-order valence-electron chi connectivity index (χ2n) is 7.24. The Bertz CT molecular complexity index is 863. The predicted octanol–water partition coefficient (Wildman–Crippen LogP) is 4.76. The molecule has 1 amide bonds. The van der Waals surface area contributed by atoms with E-state index >= 15 is 0 Å². The lowest BCUT2D eigenvalue weighted by Crippen LogP contribution is -2.30. The van der Waals surface area contributed by atoms with Crippen LogP contribution in [0, 0.1) is 30.9 Å². The number of rotatable bonds is 4. The first kappa shape index (κ1) is 18.9. The van der Waals surface area contributed by atoms with Crippen LogP contribution in [-0.4, -0.2) is 23.9 Å². The molecule has 27 heavy (non-hydrogen) atoms. The minimum Gasteiger partial charge on any atom is -0.366 e. The highest BCUT2D eigenvalue weighted by Crippen LogP contribution is 2.32. The molecule has 0 aromatic heterocycles. The number of nitrogens with one attached hydrogen (secondary N) is 1. The maximum atomic E-state index is 12.7. The van der Waals surface area contributed by atoms with Crippen LogP contribution in [0.15, 0.2) is 30.3 Å². The normalized spacial score (nSPS) is 14.1. The number of benzene rings is 2. The summed E-state index contributed by atoms with van der Waals surface area (Å²) in [6, 6.07) is 8.77. The van der Waals surface area contributed by atoms with E-state index in [1.165, 1.54) is 6.07 Å². The quantitative estimate of drug-likeness (QED) is 0.624. The summed E-state index contributed by atoms with van der Waals surface area (Å²) in [5.74, 6) is -0.335. The maximum Gasteiger partial charge on any atom is 0.293 e. The number of nitro groups is 1. The van der Waals surface area contributed by atoms with Gasteiger partial charge in [-0.2, -0.15) is 0 Å². The van der Waals surface area contributed by atoms with E-state index in [0.29, 0.717) is 11.3 Å². The summed E-state index contributed by atoms with van der Waals surface area (Å²) in [7, 11) is 0. The molecule has 0 atom stereocenters. The molecular formula is C21H25N3O3. The van der Waals surface area contributed by atoms with Crippen LogP contribution in [0.25, 0.3) is 0 Å². The third kappa shape index (κ3) is 4.10. The number of carbonyl (C=O) groups is 1. The Kier molecular flexibility index (Phi) is 5.44. The zero-order valence-electron chi connectivity index (χ0n) is 16.0. The van der Waals surface area contributed by atoms with Crippen molar-refractivity contribution >= 4 is 23.0 Å². The summed E-state index contributed by atoms with van der Waals surface area (Å²) < 4.78 is 0. The zero-order chi connectivity index (χ0) is 19.6. The SMILES string of the molecule is Cc1cc(C)c(NC(=O)c2ccc(N3CCCCC3)c([N+](=O)[O-])c2)c(C)c1. The lowest BCUT2D eigenvalue weighted by Gasteiger charge is -2.28. The van der Waals surface area contributed by atoms with Crippen molar-refractivity contribution in [1.82, 2.24) is 0 Å². The van der Waals surface area contributed by atoms with Crippen LogP contribution in [0.2, 0.25) is 0 Å². The van der Waals surface area contributed by atoms with Gasteiger partial charge in [-0.3, -0.25) is 14.9 Å². The number of aryl methyl sites for hydroxylation is 3. The topological polar surface area (TPSA) is 75.5 Å². The minimum absolute atomic E-state index is 0.0121. The van der Waals surface area contributed by atoms with Gasteiger partial charge in [0.05, 0.1) is 4.92 Å². The first-order valence-electron chi connectivity index (χ1n) is 9.29. The number of amides is 1. The lowest BCUT2D eigenvalue weighted by atomic mass is 10.0. The average molecular weight is 367 g/mol. The summed E-state index contributed by atoms with van der Waals surface area (Å²) in [5, 5.41) is 14.5. The number of hydrogen-bond donors (Lipinski definition) is 1. The molecule has 2 aromatic rings. The molecule has 2 aromatic carbocycles. The van der Waals surface area contributed by atoms with E-state index in [9.17, 15) is 14.9 Å². The summed E-state index contributed by atoms with van der Waals surface area (Å²) in [5.41, 5.74) is 4.71. The van der Waals surface area contributed by atoms with Gasteiger partial charge in [0.25, 0.3) is 11.6 Å². The van der Waals surface area contributed by atoms with E-state index < -0.39 is 4.92 Å². The van der Waals surface area contributed by atoms with Crippen LogP contribution in [0.5, 0.6) is 0 Å². The van der Waals surface area contributed by atoms with Gasteiger partial charge in [-0.1, -0.05) is 17.7 Å². The van der Waals surface area contributed by atoms with Crippen LogP contribution < -0.4 is 10.2 Å². The van der Waals surface area contributed by atoms with Crippen molar-refractivity contribution in [3.05, 3.63) is 62.7 Å². The Hall–Kier alpha value is -2.89. The second-order valence-corrected chi connectivity index (χ2v) is 7.24. The molecule has 0 saturated carbocycles. The van der Waals surface area contributed by atoms with Crippen molar-refractivity contribution < 1.29 is 9.72 Å². The van der Waals surface area contributed by atoms with Gasteiger partial charge in [0.2, 0.25) is 0 Å². The Balaban J connectivity index is 1.89. The Labute approximate surface area is 159 Å². The molecule has 1 heterocycles. The largest absolute Gasteiger partial charge is 0.366 e. The van der Waals surface area contributed by atoms with Gasteiger partial charge in [0, 0.05) is 30.4 Å². The maximum absolute atomic E-state index is 12.7. The van der Waals surface area contributed by atoms with Gasteiger partial charge >= 0.3 is 0 Å². The number of hydrogen-bond acceptors (Lipinski definition) is 4. The van der Waals surface area contributed by atoms with Crippen LogP contribution in [-0.2, 0) is 0 Å². The van der Waals surface area contributed by atoms with Crippen molar-refractivity contribution in [2.24, 2.45) is 0 Å². The molecule has 3 rings (SSSR count). The Morgan fingerprint density at radius 1 is 1.04 bits per heavy atom. The molecule has 0 unspecified atom stereocenters. The molecule has 0 radical (unpaired) electrons. The molecular weight excluding hydrogens is 342 g/mol. The van der Waals surface area contributed by atoms with E-state index in [-0.39, 0.29) is 11.6 Å². The van der Waals surface area contributed by atoms with E-state index in [0.717, 1.165) is 54.7 Å². The molecule has 0 bridgehead atoms. The number of anilines is 2. The molecule has 1 saturated heterocycles. The van der Waals surface area contributed by atoms with Crippen LogP contribution in [0.1, 0.15) is 46.3 Å². The van der Waals surface area contributed by atoms with E-state index in [4.69, 9.17) is 0 Å². The lowest BCUT2D eigenvalue weighted by molar-refractivity contribution is -0.384. The first-order chi connectivity index (χ1) is 12.9. The van der Waals surface area contributed by atoms with Gasteiger partial charge in [-0.25, -0.2) is 0 Å².